The number of phenolic OH excluding ortho intramolecular Hbond substituents is 1. The third-order valence-corrected chi connectivity index (χ3v) is 3.61. The molecule has 0 bridgehead atoms. The summed E-state index contributed by atoms with van der Waals surface area (Å²) in [6.07, 6.45) is 2.36. The largest absolute Gasteiger partial charge is 0.508 e. The Hall–Kier alpha value is -1.09. The van der Waals surface area contributed by atoms with Crippen molar-refractivity contribution in [3.8, 4) is 5.75 Å². The van der Waals surface area contributed by atoms with Gasteiger partial charge in [0.2, 0.25) is 0 Å². The van der Waals surface area contributed by atoms with E-state index in [9.17, 15) is 9.50 Å². The molecule has 94 valence electrons. The number of hydrogen-bond acceptors (Lipinski definition) is 2. The van der Waals surface area contributed by atoms with Crippen LogP contribution in [0.15, 0.2) is 24.3 Å². The molecule has 1 aliphatic heterocycles. The average Bonchev–Trinajstić information content (AvgIpc) is 2.29. The molecule has 2 nitrogen and oxygen atoms in total. The predicted octanol–water partition coefficient (Wildman–Crippen LogP) is 2.66. The summed E-state index contributed by atoms with van der Waals surface area (Å²) >= 11 is 0. The summed E-state index contributed by atoms with van der Waals surface area (Å²) in [6.45, 7) is 3.43. The van der Waals surface area contributed by atoms with Gasteiger partial charge >= 0.3 is 0 Å². The van der Waals surface area contributed by atoms with E-state index in [0.717, 1.165) is 31.5 Å². The first-order chi connectivity index (χ1) is 8.08. The lowest BCUT2D eigenvalue weighted by Crippen LogP contribution is -2.42. The minimum absolute atomic E-state index is 0.0681. The van der Waals surface area contributed by atoms with Crippen LogP contribution < -0.4 is 5.32 Å². The molecule has 17 heavy (non-hydrogen) atoms. The van der Waals surface area contributed by atoms with Gasteiger partial charge in [0.25, 0.3) is 0 Å². The Balaban J connectivity index is 2.05. The first kappa shape index (κ1) is 12.4. The molecule has 1 heterocycles. The molecule has 2 atom stereocenters. The highest BCUT2D eigenvalue weighted by Gasteiger charge is 2.35. The van der Waals surface area contributed by atoms with Crippen molar-refractivity contribution in [1.29, 1.82) is 0 Å². The van der Waals surface area contributed by atoms with Crippen molar-refractivity contribution in [1.82, 2.24) is 5.32 Å². The molecule has 2 N–H and O–H groups in total. The first-order valence-electron chi connectivity index (χ1n) is 6.25. The molecule has 0 amide bonds. The lowest BCUT2D eigenvalue weighted by Gasteiger charge is -2.34. The van der Waals surface area contributed by atoms with Gasteiger partial charge in [0.1, 0.15) is 11.4 Å². The molecular formula is C14H20FNO. The minimum Gasteiger partial charge on any atom is -0.508 e. The molecule has 1 fully saturated rings. The van der Waals surface area contributed by atoms with E-state index in [-0.39, 0.29) is 11.7 Å². The molecule has 1 aliphatic rings. The van der Waals surface area contributed by atoms with Crippen LogP contribution in [0.1, 0.15) is 25.3 Å². The molecule has 1 saturated heterocycles. The summed E-state index contributed by atoms with van der Waals surface area (Å²) in [4.78, 5) is 0. The standard InChI is InChI=1S/C14H20FNO/c1-14(15,12-5-3-7-16-10-12)9-11-4-2-6-13(17)8-11/h2,4,6,8,12,16-17H,3,5,7,9-10H2,1H3. The summed E-state index contributed by atoms with van der Waals surface area (Å²) in [5.74, 6) is 0.277. The maximum atomic E-state index is 14.7. The van der Waals surface area contributed by atoms with E-state index < -0.39 is 5.67 Å². The van der Waals surface area contributed by atoms with Gasteiger partial charge in [0.15, 0.2) is 0 Å². The van der Waals surface area contributed by atoms with E-state index in [1.807, 2.05) is 6.07 Å². The zero-order valence-corrected chi connectivity index (χ0v) is 10.2. The second-order valence-electron chi connectivity index (χ2n) is 5.17. The quantitative estimate of drug-likeness (QED) is 0.847. The van der Waals surface area contributed by atoms with Crippen molar-refractivity contribution < 1.29 is 9.50 Å². The Morgan fingerprint density at radius 3 is 3.00 bits per heavy atom. The molecule has 0 spiro atoms. The molecular weight excluding hydrogens is 217 g/mol. The van der Waals surface area contributed by atoms with E-state index in [1.54, 1.807) is 25.1 Å². The van der Waals surface area contributed by atoms with Gasteiger partial charge in [-0.3, -0.25) is 0 Å². The van der Waals surface area contributed by atoms with Crippen LogP contribution in [0, 0.1) is 5.92 Å². The van der Waals surface area contributed by atoms with Gasteiger partial charge in [0.05, 0.1) is 0 Å². The molecule has 0 radical (unpaired) electrons. The van der Waals surface area contributed by atoms with Crippen LogP contribution in [0.3, 0.4) is 0 Å². The van der Waals surface area contributed by atoms with E-state index in [2.05, 4.69) is 5.32 Å². The van der Waals surface area contributed by atoms with E-state index in [4.69, 9.17) is 0 Å². The smallest absolute Gasteiger partial charge is 0.116 e. The summed E-state index contributed by atoms with van der Waals surface area (Å²) in [7, 11) is 0. The van der Waals surface area contributed by atoms with E-state index in [1.165, 1.54) is 0 Å². The van der Waals surface area contributed by atoms with E-state index in [0.29, 0.717) is 6.42 Å². The number of piperidine rings is 1. The van der Waals surface area contributed by atoms with Crippen molar-refractivity contribution in [2.24, 2.45) is 5.92 Å². The third kappa shape index (κ3) is 3.19. The summed E-state index contributed by atoms with van der Waals surface area (Å²) in [5.41, 5.74) is -0.345. The van der Waals surface area contributed by atoms with Crippen molar-refractivity contribution in [2.45, 2.75) is 31.9 Å². The van der Waals surface area contributed by atoms with Crippen LogP contribution >= 0.6 is 0 Å². The Labute approximate surface area is 102 Å². The zero-order chi connectivity index (χ0) is 12.3. The SMILES string of the molecule is CC(F)(Cc1cccc(O)c1)C1CCCNC1. The zero-order valence-electron chi connectivity index (χ0n) is 10.2. The van der Waals surface area contributed by atoms with Gasteiger partial charge in [-0.1, -0.05) is 12.1 Å². The van der Waals surface area contributed by atoms with Gasteiger partial charge in [-0.25, -0.2) is 4.39 Å². The molecule has 2 unspecified atom stereocenters. The minimum atomic E-state index is -1.21. The number of aromatic hydroxyl groups is 1. The highest BCUT2D eigenvalue weighted by molar-refractivity contribution is 5.28. The number of phenols is 1. The second-order valence-corrected chi connectivity index (χ2v) is 5.17. The number of alkyl halides is 1. The summed E-state index contributed by atoms with van der Waals surface area (Å²) in [6, 6.07) is 6.89. The highest BCUT2D eigenvalue weighted by atomic mass is 19.1. The summed E-state index contributed by atoms with van der Waals surface area (Å²) < 4.78 is 14.7. The molecule has 0 aliphatic carbocycles. The third-order valence-electron chi connectivity index (χ3n) is 3.61. The maximum Gasteiger partial charge on any atom is 0.116 e. The fourth-order valence-corrected chi connectivity index (χ4v) is 2.58. The Morgan fingerprint density at radius 2 is 2.35 bits per heavy atom. The molecule has 1 aromatic rings. The van der Waals surface area contributed by atoms with Crippen LogP contribution in [-0.2, 0) is 6.42 Å². The van der Waals surface area contributed by atoms with E-state index >= 15 is 0 Å². The topological polar surface area (TPSA) is 32.3 Å². The Bertz CT molecular complexity index is 372. The van der Waals surface area contributed by atoms with Crippen molar-refractivity contribution in [3.63, 3.8) is 0 Å². The first-order valence-corrected chi connectivity index (χ1v) is 6.25. The van der Waals surface area contributed by atoms with Crippen LogP contribution in [0.2, 0.25) is 0 Å². The number of halogens is 1. The Morgan fingerprint density at radius 1 is 1.53 bits per heavy atom. The number of benzene rings is 1. The molecule has 2 rings (SSSR count). The average molecular weight is 237 g/mol. The van der Waals surface area contributed by atoms with Gasteiger partial charge in [-0.15, -0.1) is 0 Å². The van der Waals surface area contributed by atoms with Crippen molar-refractivity contribution in [3.05, 3.63) is 29.8 Å². The maximum absolute atomic E-state index is 14.7. The predicted molar refractivity (Wildman–Crippen MR) is 66.9 cm³/mol. The second kappa shape index (κ2) is 5.05. The summed E-state index contributed by atoms with van der Waals surface area (Å²) in [5, 5.41) is 12.6. The van der Waals surface area contributed by atoms with Crippen LogP contribution in [0.25, 0.3) is 0 Å². The van der Waals surface area contributed by atoms with Crippen LogP contribution in [0.4, 0.5) is 4.39 Å². The monoisotopic (exact) mass is 237 g/mol. The van der Waals surface area contributed by atoms with Gasteiger partial charge in [-0.2, -0.15) is 0 Å². The highest BCUT2D eigenvalue weighted by Crippen LogP contribution is 2.31. The number of hydrogen-bond donors (Lipinski definition) is 2. The molecule has 0 aromatic heterocycles. The molecule has 0 saturated carbocycles. The fraction of sp³-hybridized carbons (Fsp3) is 0.571. The number of nitrogens with one attached hydrogen (secondary N) is 1. The van der Waals surface area contributed by atoms with Crippen LogP contribution in [-0.4, -0.2) is 23.9 Å². The lowest BCUT2D eigenvalue weighted by atomic mass is 9.81. The Kier molecular flexibility index (Phi) is 3.67. The fourth-order valence-electron chi connectivity index (χ4n) is 2.58. The molecule has 1 aromatic carbocycles. The molecule has 3 heteroatoms. The van der Waals surface area contributed by atoms with Gasteiger partial charge < -0.3 is 10.4 Å². The van der Waals surface area contributed by atoms with Crippen molar-refractivity contribution >= 4 is 0 Å². The normalized spacial score (nSPS) is 24.2. The van der Waals surface area contributed by atoms with Gasteiger partial charge in [-0.05, 0) is 44.0 Å². The van der Waals surface area contributed by atoms with Crippen LogP contribution in [0.5, 0.6) is 5.75 Å². The number of rotatable bonds is 3. The van der Waals surface area contributed by atoms with Gasteiger partial charge in [0, 0.05) is 18.9 Å². The van der Waals surface area contributed by atoms with Crippen molar-refractivity contribution in [2.75, 3.05) is 13.1 Å². The lowest BCUT2D eigenvalue weighted by molar-refractivity contribution is 0.0833.